The number of hydrogen-bond donors (Lipinski definition) is 1. The molecule has 8 nitrogen and oxygen atoms in total. The molecule has 4 rings (SSSR count). The minimum atomic E-state index is -0.108. The Morgan fingerprint density at radius 2 is 2.12 bits per heavy atom. The minimum absolute atomic E-state index is 0.105. The lowest BCUT2D eigenvalue weighted by atomic mass is 9.92. The molecule has 0 aromatic carbocycles. The van der Waals surface area contributed by atoms with Crippen molar-refractivity contribution in [3.8, 4) is 0 Å². The monoisotopic (exact) mass is 344 g/mol. The van der Waals surface area contributed by atoms with E-state index in [0.29, 0.717) is 24.9 Å². The first-order chi connectivity index (χ1) is 11.9. The molecule has 1 aliphatic heterocycles. The highest BCUT2D eigenvalue weighted by Crippen LogP contribution is 2.39. The molecular formula is C17H24N6O2. The smallest absolute Gasteiger partial charge is 0.240 e. The highest BCUT2D eigenvalue weighted by molar-refractivity contribution is 5.91. The topological polar surface area (TPSA) is 89.1 Å². The lowest BCUT2D eigenvalue weighted by Gasteiger charge is -2.26. The zero-order valence-corrected chi connectivity index (χ0v) is 14.9. The van der Waals surface area contributed by atoms with Gasteiger partial charge in [0.2, 0.25) is 11.8 Å². The van der Waals surface area contributed by atoms with Gasteiger partial charge in [-0.3, -0.25) is 15.0 Å². The Hall–Kier alpha value is -2.22. The maximum atomic E-state index is 12.3. The van der Waals surface area contributed by atoms with Crippen LogP contribution < -0.4 is 5.32 Å². The van der Waals surface area contributed by atoms with Crippen LogP contribution in [0.4, 0.5) is 5.88 Å². The Bertz CT molecular complexity index is 783. The number of amides is 1. The van der Waals surface area contributed by atoms with Gasteiger partial charge in [0, 0.05) is 30.5 Å². The minimum Gasteiger partial charge on any atom is -0.338 e. The molecule has 1 amide bonds. The molecule has 0 saturated heterocycles. The Balaban J connectivity index is 1.34. The van der Waals surface area contributed by atoms with E-state index in [0.717, 1.165) is 30.4 Å². The van der Waals surface area contributed by atoms with Crippen molar-refractivity contribution in [1.29, 1.82) is 0 Å². The number of anilines is 1. The maximum absolute atomic E-state index is 12.3. The van der Waals surface area contributed by atoms with Crippen molar-refractivity contribution in [3.05, 3.63) is 23.4 Å². The van der Waals surface area contributed by atoms with E-state index in [1.54, 1.807) is 6.07 Å². The van der Waals surface area contributed by atoms with E-state index in [1.165, 1.54) is 12.8 Å². The number of carbonyl (C=O) groups is 1. The molecule has 0 spiro atoms. The maximum Gasteiger partial charge on any atom is 0.240 e. The Morgan fingerprint density at radius 3 is 2.80 bits per heavy atom. The van der Waals surface area contributed by atoms with Gasteiger partial charge in [-0.25, -0.2) is 0 Å². The molecule has 0 radical (unpaired) electrons. The van der Waals surface area contributed by atoms with Crippen LogP contribution in [-0.2, 0) is 23.3 Å². The average Bonchev–Trinajstić information content (AvgIpc) is 3.11. The number of fused-ring (bicyclic) bond motifs is 1. The van der Waals surface area contributed by atoms with E-state index in [2.05, 4.69) is 50.9 Å². The average molecular weight is 344 g/mol. The van der Waals surface area contributed by atoms with Crippen LogP contribution in [0.15, 0.2) is 10.6 Å². The van der Waals surface area contributed by atoms with Gasteiger partial charge in [-0.1, -0.05) is 25.9 Å². The summed E-state index contributed by atoms with van der Waals surface area (Å²) in [6.07, 6.45) is 2.44. The second kappa shape index (κ2) is 5.94. The van der Waals surface area contributed by atoms with Gasteiger partial charge in [-0.15, -0.1) is 10.2 Å². The van der Waals surface area contributed by atoms with Gasteiger partial charge in [-0.05, 0) is 12.8 Å². The Kier molecular flexibility index (Phi) is 3.87. The molecule has 1 aliphatic carbocycles. The third-order valence-electron chi connectivity index (χ3n) is 4.71. The summed E-state index contributed by atoms with van der Waals surface area (Å²) in [7, 11) is 0. The van der Waals surface area contributed by atoms with Gasteiger partial charge < -0.3 is 9.09 Å². The lowest BCUT2D eigenvalue weighted by Crippen LogP contribution is -2.39. The predicted molar refractivity (Wildman–Crippen MR) is 91.1 cm³/mol. The first-order valence-corrected chi connectivity index (χ1v) is 8.81. The van der Waals surface area contributed by atoms with E-state index in [-0.39, 0.29) is 11.3 Å². The van der Waals surface area contributed by atoms with E-state index in [9.17, 15) is 4.79 Å². The number of hydrogen-bond acceptors (Lipinski definition) is 6. The highest BCUT2D eigenvalue weighted by atomic mass is 16.5. The number of nitrogens with one attached hydrogen (secondary N) is 1. The molecule has 8 heteroatoms. The van der Waals surface area contributed by atoms with E-state index in [4.69, 9.17) is 4.52 Å². The molecule has 0 bridgehead atoms. The van der Waals surface area contributed by atoms with Crippen LogP contribution in [0.5, 0.6) is 0 Å². The summed E-state index contributed by atoms with van der Waals surface area (Å²) < 4.78 is 7.44. The molecule has 2 aliphatic rings. The zero-order chi connectivity index (χ0) is 17.6. The van der Waals surface area contributed by atoms with Crippen molar-refractivity contribution in [3.63, 3.8) is 0 Å². The standard InChI is InChI=1S/C17H24N6O2/c1-17(2,3)12-8-15(25-21-12)18-14(24)10-22-6-7-23-13(9-22)19-20-16(23)11-4-5-11/h8,11H,4-7,9-10H2,1-3H3,(H,18,24). The summed E-state index contributed by atoms with van der Waals surface area (Å²) in [5, 5.41) is 15.4. The van der Waals surface area contributed by atoms with Crippen molar-refractivity contribution >= 4 is 11.8 Å². The normalized spacial score (nSPS) is 18.2. The third kappa shape index (κ3) is 3.44. The van der Waals surface area contributed by atoms with Gasteiger partial charge in [0.1, 0.15) is 11.6 Å². The van der Waals surface area contributed by atoms with Crippen molar-refractivity contribution in [2.24, 2.45) is 0 Å². The molecule has 1 N–H and O–H groups in total. The van der Waals surface area contributed by atoms with Crippen molar-refractivity contribution in [2.75, 3.05) is 18.4 Å². The summed E-state index contributed by atoms with van der Waals surface area (Å²) >= 11 is 0. The summed E-state index contributed by atoms with van der Waals surface area (Å²) in [6.45, 7) is 8.77. The van der Waals surface area contributed by atoms with Gasteiger partial charge in [0.05, 0.1) is 18.8 Å². The fourth-order valence-corrected chi connectivity index (χ4v) is 3.08. The largest absolute Gasteiger partial charge is 0.338 e. The van der Waals surface area contributed by atoms with Crippen molar-refractivity contribution < 1.29 is 9.32 Å². The summed E-state index contributed by atoms with van der Waals surface area (Å²) in [5.41, 5.74) is 0.712. The van der Waals surface area contributed by atoms with Crippen LogP contribution >= 0.6 is 0 Å². The summed E-state index contributed by atoms with van der Waals surface area (Å²) in [6, 6.07) is 1.78. The van der Waals surface area contributed by atoms with Gasteiger partial charge in [0.15, 0.2) is 0 Å². The first kappa shape index (κ1) is 16.3. The molecule has 2 aromatic heterocycles. The molecule has 0 unspecified atom stereocenters. The molecule has 0 atom stereocenters. The summed E-state index contributed by atoms with van der Waals surface area (Å²) in [4.78, 5) is 14.4. The van der Waals surface area contributed by atoms with E-state index >= 15 is 0 Å². The van der Waals surface area contributed by atoms with E-state index < -0.39 is 0 Å². The van der Waals surface area contributed by atoms with Crippen molar-refractivity contribution in [1.82, 2.24) is 24.8 Å². The Labute approximate surface area is 146 Å². The third-order valence-corrected chi connectivity index (χ3v) is 4.71. The zero-order valence-electron chi connectivity index (χ0n) is 14.9. The fourth-order valence-electron chi connectivity index (χ4n) is 3.08. The molecule has 134 valence electrons. The van der Waals surface area contributed by atoms with Gasteiger partial charge in [0.25, 0.3) is 0 Å². The number of aromatic nitrogens is 4. The SMILES string of the molecule is CC(C)(C)c1cc(NC(=O)CN2CCn3c(nnc3C3CC3)C2)on1. The van der Waals surface area contributed by atoms with Gasteiger partial charge >= 0.3 is 0 Å². The second-order valence-corrected chi connectivity index (χ2v) is 7.99. The highest BCUT2D eigenvalue weighted by Gasteiger charge is 2.32. The molecule has 1 fully saturated rings. The first-order valence-electron chi connectivity index (χ1n) is 8.81. The van der Waals surface area contributed by atoms with Crippen molar-refractivity contribution in [2.45, 2.75) is 58.0 Å². The van der Waals surface area contributed by atoms with Gasteiger partial charge in [-0.2, -0.15) is 0 Å². The van der Waals surface area contributed by atoms with Crippen LogP contribution in [0.2, 0.25) is 0 Å². The van der Waals surface area contributed by atoms with E-state index in [1.807, 2.05) is 0 Å². The predicted octanol–water partition coefficient (Wildman–Crippen LogP) is 1.90. The quantitative estimate of drug-likeness (QED) is 0.911. The molecule has 1 saturated carbocycles. The molecule has 3 heterocycles. The molecule has 25 heavy (non-hydrogen) atoms. The number of carbonyl (C=O) groups excluding carboxylic acids is 1. The summed E-state index contributed by atoms with van der Waals surface area (Å²) in [5.74, 6) is 2.96. The second-order valence-electron chi connectivity index (χ2n) is 7.99. The van der Waals surface area contributed by atoms with Crippen LogP contribution in [0, 0.1) is 0 Å². The van der Waals surface area contributed by atoms with Crippen LogP contribution in [-0.4, -0.2) is 43.8 Å². The molecular weight excluding hydrogens is 320 g/mol. The van der Waals surface area contributed by atoms with Crippen LogP contribution in [0.3, 0.4) is 0 Å². The Morgan fingerprint density at radius 1 is 1.32 bits per heavy atom. The fraction of sp³-hybridized carbons (Fsp3) is 0.647. The lowest BCUT2D eigenvalue weighted by molar-refractivity contribution is -0.117. The van der Waals surface area contributed by atoms with Crippen LogP contribution in [0.1, 0.15) is 56.9 Å². The van der Waals surface area contributed by atoms with Crippen LogP contribution in [0.25, 0.3) is 0 Å². The number of nitrogens with zero attached hydrogens (tertiary/aromatic N) is 5. The number of rotatable bonds is 4. The molecule has 2 aromatic rings.